The molecule has 4 heteroatoms. The third-order valence-electron chi connectivity index (χ3n) is 5.14. The fourth-order valence-corrected chi connectivity index (χ4v) is 4.13. The van der Waals surface area contributed by atoms with Crippen LogP contribution in [-0.2, 0) is 11.2 Å². The van der Waals surface area contributed by atoms with Gasteiger partial charge in [0.05, 0.1) is 5.92 Å². The Hall–Kier alpha value is -1.84. The summed E-state index contributed by atoms with van der Waals surface area (Å²) >= 11 is 0. The standard InChI is InChI=1S/C17H21NO3/c1-2-10-5-3-4-6-13(10)16(19)18-15-12-8-7-11(9-12)14(15)17(20)21/h3-6,11-12,14-15H,2,7-9H2,1H3,(H,18,19)(H,20,21)/t11-,12+,14+,15-/m0/s1. The van der Waals surface area contributed by atoms with Gasteiger partial charge in [-0.05, 0) is 49.1 Å². The van der Waals surface area contributed by atoms with Crippen molar-refractivity contribution >= 4 is 11.9 Å². The molecule has 0 heterocycles. The van der Waals surface area contributed by atoms with Crippen LogP contribution in [0.4, 0.5) is 0 Å². The van der Waals surface area contributed by atoms with E-state index >= 15 is 0 Å². The van der Waals surface area contributed by atoms with Crippen molar-refractivity contribution in [1.82, 2.24) is 5.32 Å². The smallest absolute Gasteiger partial charge is 0.308 e. The highest BCUT2D eigenvalue weighted by atomic mass is 16.4. The number of aliphatic carboxylic acids is 1. The van der Waals surface area contributed by atoms with Gasteiger partial charge in [-0.1, -0.05) is 25.1 Å². The van der Waals surface area contributed by atoms with Crippen LogP contribution in [-0.4, -0.2) is 23.0 Å². The van der Waals surface area contributed by atoms with Gasteiger partial charge in [0.1, 0.15) is 0 Å². The SMILES string of the molecule is CCc1ccccc1C(=O)N[C@H]1[C@@H]2CC[C@@H](C2)[C@H]1C(=O)O. The molecule has 1 amide bonds. The summed E-state index contributed by atoms with van der Waals surface area (Å²) in [5, 5.41) is 12.5. The molecule has 3 rings (SSSR count). The first-order chi connectivity index (χ1) is 10.1. The fraction of sp³-hybridized carbons (Fsp3) is 0.529. The van der Waals surface area contributed by atoms with Crippen LogP contribution in [0.2, 0.25) is 0 Å². The van der Waals surface area contributed by atoms with Gasteiger partial charge in [-0.25, -0.2) is 0 Å². The van der Waals surface area contributed by atoms with Gasteiger partial charge in [-0.3, -0.25) is 9.59 Å². The van der Waals surface area contributed by atoms with Gasteiger partial charge >= 0.3 is 5.97 Å². The number of benzene rings is 1. The molecule has 1 aromatic rings. The molecule has 112 valence electrons. The van der Waals surface area contributed by atoms with Crippen molar-refractivity contribution in [2.24, 2.45) is 17.8 Å². The number of carbonyl (C=O) groups is 2. The number of carboxylic acid groups (broad SMARTS) is 1. The molecule has 21 heavy (non-hydrogen) atoms. The highest BCUT2D eigenvalue weighted by Gasteiger charge is 2.51. The number of hydrogen-bond acceptors (Lipinski definition) is 2. The van der Waals surface area contributed by atoms with Crippen LogP contribution >= 0.6 is 0 Å². The summed E-state index contributed by atoms with van der Waals surface area (Å²) in [6, 6.07) is 7.33. The zero-order chi connectivity index (χ0) is 15.0. The lowest BCUT2D eigenvalue weighted by Crippen LogP contribution is -2.47. The number of aryl methyl sites for hydroxylation is 1. The molecule has 0 aromatic heterocycles. The molecule has 1 aromatic carbocycles. The number of carbonyl (C=O) groups excluding carboxylic acids is 1. The molecular formula is C17H21NO3. The summed E-state index contributed by atoms with van der Waals surface area (Å²) in [5.41, 5.74) is 1.68. The summed E-state index contributed by atoms with van der Waals surface area (Å²) in [6.45, 7) is 2.02. The third kappa shape index (κ3) is 2.43. The first kappa shape index (κ1) is 14.1. The maximum Gasteiger partial charge on any atom is 0.308 e. The summed E-state index contributed by atoms with van der Waals surface area (Å²) in [6.07, 6.45) is 3.76. The van der Waals surface area contributed by atoms with Crippen LogP contribution < -0.4 is 5.32 Å². The average molecular weight is 287 g/mol. The maximum atomic E-state index is 12.5. The van der Waals surface area contributed by atoms with Crippen LogP contribution in [0.15, 0.2) is 24.3 Å². The summed E-state index contributed by atoms with van der Waals surface area (Å²) in [5.74, 6) is -0.748. The first-order valence-corrected chi connectivity index (χ1v) is 7.73. The van der Waals surface area contributed by atoms with E-state index in [1.165, 1.54) is 0 Å². The van der Waals surface area contributed by atoms with E-state index in [0.29, 0.717) is 11.5 Å². The quantitative estimate of drug-likeness (QED) is 0.894. The van der Waals surface area contributed by atoms with E-state index in [-0.39, 0.29) is 17.9 Å². The Bertz CT molecular complexity index is 569. The van der Waals surface area contributed by atoms with Crippen molar-refractivity contribution < 1.29 is 14.7 Å². The van der Waals surface area contributed by atoms with Gasteiger partial charge in [-0.15, -0.1) is 0 Å². The van der Waals surface area contributed by atoms with Gasteiger partial charge in [0.15, 0.2) is 0 Å². The van der Waals surface area contributed by atoms with Crippen molar-refractivity contribution in [1.29, 1.82) is 0 Å². The minimum atomic E-state index is -0.767. The van der Waals surface area contributed by atoms with Crippen LogP contribution in [0.1, 0.15) is 42.1 Å². The Morgan fingerprint density at radius 1 is 1.24 bits per heavy atom. The zero-order valence-electron chi connectivity index (χ0n) is 12.2. The summed E-state index contributed by atoms with van der Waals surface area (Å²) < 4.78 is 0. The molecule has 2 saturated carbocycles. The van der Waals surface area contributed by atoms with Crippen molar-refractivity contribution in [3.05, 3.63) is 35.4 Å². The number of nitrogens with one attached hydrogen (secondary N) is 1. The van der Waals surface area contributed by atoms with E-state index in [4.69, 9.17) is 0 Å². The Kier molecular flexibility index (Phi) is 3.70. The molecule has 0 spiro atoms. The van der Waals surface area contributed by atoms with Crippen LogP contribution in [0.3, 0.4) is 0 Å². The summed E-state index contributed by atoms with van der Waals surface area (Å²) in [7, 11) is 0. The Labute approximate surface area is 124 Å². The number of fused-ring (bicyclic) bond motifs is 2. The topological polar surface area (TPSA) is 66.4 Å². The molecule has 2 bridgehead atoms. The van der Waals surface area contributed by atoms with Crippen LogP contribution in [0, 0.1) is 17.8 Å². The van der Waals surface area contributed by atoms with E-state index in [1.54, 1.807) is 0 Å². The minimum Gasteiger partial charge on any atom is -0.481 e. The van der Waals surface area contributed by atoms with E-state index in [0.717, 1.165) is 31.2 Å². The number of carboxylic acids is 1. The Morgan fingerprint density at radius 3 is 2.67 bits per heavy atom. The molecular weight excluding hydrogens is 266 g/mol. The molecule has 2 fully saturated rings. The third-order valence-corrected chi connectivity index (χ3v) is 5.14. The van der Waals surface area contributed by atoms with E-state index in [1.807, 2.05) is 31.2 Å². The largest absolute Gasteiger partial charge is 0.481 e. The molecule has 2 aliphatic rings. The van der Waals surface area contributed by atoms with Crippen molar-refractivity contribution in [2.45, 2.75) is 38.6 Å². The lowest BCUT2D eigenvalue weighted by Gasteiger charge is -2.29. The number of hydrogen-bond donors (Lipinski definition) is 2. The highest BCUT2D eigenvalue weighted by molar-refractivity contribution is 5.96. The molecule has 2 aliphatic carbocycles. The Balaban J connectivity index is 1.79. The second kappa shape index (κ2) is 5.51. The average Bonchev–Trinajstić information content (AvgIpc) is 3.08. The lowest BCUT2D eigenvalue weighted by atomic mass is 9.84. The predicted octanol–water partition coefficient (Wildman–Crippen LogP) is 2.48. The highest BCUT2D eigenvalue weighted by Crippen LogP contribution is 2.48. The second-order valence-electron chi connectivity index (χ2n) is 6.21. The predicted molar refractivity (Wildman–Crippen MR) is 79.0 cm³/mol. The molecule has 0 radical (unpaired) electrons. The molecule has 0 saturated heterocycles. The van der Waals surface area contributed by atoms with Crippen molar-refractivity contribution in [2.75, 3.05) is 0 Å². The van der Waals surface area contributed by atoms with Gasteiger partial charge < -0.3 is 10.4 Å². The molecule has 0 aliphatic heterocycles. The molecule has 2 N–H and O–H groups in total. The lowest BCUT2D eigenvalue weighted by molar-refractivity contribution is -0.144. The van der Waals surface area contributed by atoms with Gasteiger partial charge in [0.25, 0.3) is 5.91 Å². The van der Waals surface area contributed by atoms with Crippen LogP contribution in [0.25, 0.3) is 0 Å². The molecule has 0 unspecified atom stereocenters. The van der Waals surface area contributed by atoms with E-state index < -0.39 is 11.9 Å². The zero-order valence-corrected chi connectivity index (χ0v) is 12.2. The fourth-order valence-electron chi connectivity index (χ4n) is 4.13. The molecule has 4 nitrogen and oxygen atoms in total. The van der Waals surface area contributed by atoms with E-state index in [2.05, 4.69) is 5.32 Å². The first-order valence-electron chi connectivity index (χ1n) is 7.73. The second-order valence-corrected chi connectivity index (χ2v) is 6.21. The number of rotatable bonds is 4. The minimum absolute atomic E-state index is 0.128. The van der Waals surface area contributed by atoms with Gasteiger partial charge in [0.2, 0.25) is 0 Å². The number of amides is 1. The van der Waals surface area contributed by atoms with Gasteiger partial charge in [-0.2, -0.15) is 0 Å². The Morgan fingerprint density at radius 2 is 1.95 bits per heavy atom. The monoisotopic (exact) mass is 287 g/mol. The molecule has 4 atom stereocenters. The van der Waals surface area contributed by atoms with Crippen molar-refractivity contribution in [3.63, 3.8) is 0 Å². The summed E-state index contributed by atoms with van der Waals surface area (Å²) in [4.78, 5) is 24.0. The van der Waals surface area contributed by atoms with Gasteiger partial charge in [0, 0.05) is 11.6 Å². The van der Waals surface area contributed by atoms with Crippen molar-refractivity contribution in [3.8, 4) is 0 Å². The normalized spacial score (nSPS) is 30.3. The van der Waals surface area contributed by atoms with E-state index in [9.17, 15) is 14.7 Å². The maximum absolute atomic E-state index is 12.5. The van der Waals surface area contributed by atoms with Crippen LogP contribution in [0.5, 0.6) is 0 Å².